The lowest BCUT2D eigenvalue weighted by atomic mass is 9.95. The quantitative estimate of drug-likeness (QED) is 0.409. The van der Waals surface area contributed by atoms with Crippen LogP contribution < -0.4 is 0 Å². The van der Waals surface area contributed by atoms with Gasteiger partial charge in [-0.15, -0.1) is 11.3 Å². The summed E-state index contributed by atoms with van der Waals surface area (Å²) in [5, 5.41) is 1.83. The van der Waals surface area contributed by atoms with E-state index in [2.05, 4.69) is 71.4 Å². The number of hydrogen-bond donors (Lipinski definition) is 0. The van der Waals surface area contributed by atoms with Crippen LogP contribution in [0.25, 0.3) is 15.7 Å². The molecule has 0 N–H and O–H groups in total. The van der Waals surface area contributed by atoms with E-state index in [0.717, 1.165) is 28.4 Å². The maximum absolute atomic E-state index is 6.48. The zero-order valence-electron chi connectivity index (χ0n) is 13.1. The zero-order valence-corrected chi connectivity index (χ0v) is 16.3. The van der Waals surface area contributed by atoms with Crippen molar-refractivity contribution in [2.75, 3.05) is 0 Å². The smallest absolute Gasteiger partial charge is 0.111 e. The van der Waals surface area contributed by atoms with Gasteiger partial charge in [0.1, 0.15) is 5.17 Å². The Morgan fingerprint density at radius 1 is 1.17 bits per heavy atom. The predicted molar refractivity (Wildman–Crippen MR) is 110 cm³/mol. The van der Waals surface area contributed by atoms with Gasteiger partial charge in [0.05, 0.1) is 10.6 Å². The van der Waals surface area contributed by atoms with Gasteiger partial charge in [0.2, 0.25) is 0 Å². The SMILES string of the molecule is CCC1=C(c2ccccc2)c2sc3ccc(Br)cc3c2N=C(Cl)C1. The minimum Gasteiger partial charge on any atom is -0.239 e. The molecule has 0 saturated carbocycles. The molecule has 2 heterocycles. The minimum atomic E-state index is 0.665. The molecule has 24 heavy (non-hydrogen) atoms. The van der Waals surface area contributed by atoms with Gasteiger partial charge in [-0.1, -0.05) is 70.4 Å². The first-order chi connectivity index (χ1) is 11.7. The van der Waals surface area contributed by atoms with Gasteiger partial charge < -0.3 is 0 Å². The van der Waals surface area contributed by atoms with Gasteiger partial charge in [0.25, 0.3) is 0 Å². The second-order valence-electron chi connectivity index (χ2n) is 5.78. The summed E-state index contributed by atoms with van der Waals surface area (Å²) in [6, 6.07) is 16.9. The molecule has 0 spiro atoms. The first kappa shape index (κ1) is 16.1. The molecule has 0 fully saturated rings. The summed E-state index contributed by atoms with van der Waals surface area (Å²) < 4.78 is 2.30. The fraction of sp³-hybridized carbons (Fsp3) is 0.150. The summed E-state index contributed by atoms with van der Waals surface area (Å²) in [6.07, 6.45) is 1.69. The van der Waals surface area contributed by atoms with E-state index in [1.165, 1.54) is 26.3 Å². The average Bonchev–Trinajstić information content (AvgIpc) is 2.85. The van der Waals surface area contributed by atoms with Crippen LogP contribution in [0.15, 0.2) is 63.6 Å². The molecule has 0 unspecified atom stereocenters. The number of nitrogens with zero attached hydrogens (tertiary/aromatic N) is 1. The van der Waals surface area contributed by atoms with E-state index < -0.39 is 0 Å². The van der Waals surface area contributed by atoms with Crippen molar-refractivity contribution in [3.05, 3.63) is 69.0 Å². The number of halogens is 2. The second kappa shape index (κ2) is 6.47. The Bertz CT molecular complexity index is 986. The third kappa shape index (κ3) is 2.75. The third-order valence-electron chi connectivity index (χ3n) is 4.29. The van der Waals surface area contributed by atoms with Crippen molar-refractivity contribution in [2.45, 2.75) is 19.8 Å². The van der Waals surface area contributed by atoms with Crippen molar-refractivity contribution in [1.29, 1.82) is 0 Å². The Morgan fingerprint density at radius 2 is 1.96 bits per heavy atom. The Kier molecular flexibility index (Phi) is 4.33. The van der Waals surface area contributed by atoms with Crippen LogP contribution in [0.2, 0.25) is 0 Å². The van der Waals surface area contributed by atoms with E-state index in [0.29, 0.717) is 5.17 Å². The highest BCUT2D eigenvalue weighted by atomic mass is 79.9. The van der Waals surface area contributed by atoms with Crippen LogP contribution in [0.1, 0.15) is 30.2 Å². The van der Waals surface area contributed by atoms with Crippen LogP contribution in [-0.4, -0.2) is 5.17 Å². The van der Waals surface area contributed by atoms with Gasteiger partial charge in [-0.2, -0.15) is 0 Å². The molecule has 0 atom stereocenters. The number of hydrogen-bond acceptors (Lipinski definition) is 2. The monoisotopic (exact) mass is 415 g/mol. The summed E-state index contributed by atoms with van der Waals surface area (Å²) in [5.74, 6) is 0. The molecule has 1 aliphatic heterocycles. The fourth-order valence-corrected chi connectivity index (χ4v) is 5.01. The molecular formula is C20H15BrClNS. The molecular weight excluding hydrogens is 402 g/mol. The summed E-state index contributed by atoms with van der Waals surface area (Å²) in [5.41, 5.74) is 4.88. The molecule has 0 aliphatic carbocycles. The van der Waals surface area contributed by atoms with Crippen molar-refractivity contribution in [1.82, 2.24) is 0 Å². The molecule has 1 nitrogen and oxygen atoms in total. The van der Waals surface area contributed by atoms with Crippen LogP contribution in [0.4, 0.5) is 5.69 Å². The van der Waals surface area contributed by atoms with E-state index in [1.54, 1.807) is 11.3 Å². The number of rotatable bonds is 2. The Hall–Kier alpha value is -1.42. The third-order valence-corrected chi connectivity index (χ3v) is 6.17. The van der Waals surface area contributed by atoms with Gasteiger partial charge in [-0.25, -0.2) is 4.99 Å². The predicted octanol–water partition coefficient (Wildman–Crippen LogP) is 7.55. The van der Waals surface area contributed by atoms with Gasteiger partial charge >= 0.3 is 0 Å². The van der Waals surface area contributed by atoms with Crippen molar-refractivity contribution >= 4 is 65.4 Å². The number of thiophene rings is 1. The molecule has 1 aromatic heterocycles. The van der Waals surface area contributed by atoms with E-state index in [1.807, 2.05) is 0 Å². The van der Waals surface area contributed by atoms with Gasteiger partial charge in [0, 0.05) is 26.6 Å². The van der Waals surface area contributed by atoms with Crippen LogP contribution in [0.5, 0.6) is 0 Å². The first-order valence-electron chi connectivity index (χ1n) is 7.90. The highest BCUT2D eigenvalue weighted by Crippen LogP contribution is 2.48. The molecule has 0 amide bonds. The van der Waals surface area contributed by atoms with Gasteiger partial charge in [-0.05, 0) is 30.2 Å². The van der Waals surface area contributed by atoms with Crippen molar-refractivity contribution in [2.24, 2.45) is 4.99 Å². The normalized spacial score (nSPS) is 14.5. The summed E-state index contributed by atoms with van der Waals surface area (Å²) >= 11 is 11.9. The van der Waals surface area contributed by atoms with Gasteiger partial charge in [-0.3, -0.25) is 0 Å². The van der Waals surface area contributed by atoms with E-state index in [4.69, 9.17) is 16.6 Å². The number of aliphatic imine (C=N–C) groups is 1. The summed E-state index contributed by atoms with van der Waals surface area (Å²) in [7, 11) is 0. The highest BCUT2D eigenvalue weighted by Gasteiger charge is 2.23. The van der Waals surface area contributed by atoms with E-state index >= 15 is 0 Å². The van der Waals surface area contributed by atoms with Crippen LogP contribution >= 0.6 is 38.9 Å². The molecule has 1 aliphatic rings. The lowest BCUT2D eigenvalue weighted by Crippen LogP contribution is -1.94. The molecule has 120 valence electrons. The molecule has 0 saturated heterocycles. The lowest BCUT2D eigenvalue weighted by Gasteiger charge is -2.11. The van der Waals surface area contributed by atoms with E-state index in [-0.39, 0.29) is 0 Å². The Morgan fingerprint density at radius 3 is 2.71 bits per heavy atom. The average molecular weight is 417 g/mol. The summed E-state index contributed by atoms with van der Waals surface area (Å²) in [4.78, 5) is 6.00. The molecule has 4 rings (SSSR count). The number of benzene rings is 2. The summed E-state index contributed by atoms with van der Waals surface area (Å²) in [6.45, 7) is 2.19. The van der Waals surface area contributed by atoms with Crippen LogP contribution in [0.3, 0.4) is 0 Å². The number of fused-ring (bicyclic) bond motifs is 3. The largest absolute Gasteiger partial charge is 0.239 e. The van der Waals surface area contributed by atoms with Crippen molar-refractivity contribution < 1.29 is 0 Å². The minimum absolute atomic E-state index is 0.665. The molecule has 2 aromatic carbocycles. The first-order valence-corrected chi connectivity index (χ1v) is 9.89. The van der Waals surface area contributed by atoms with Crippen LogP contribution in [0, 0.1) is 0 Å². The lowest BCUT2D eigenvalue weighted by molar-refractivity contribution is 1.07. The van der Waals surface area contributed by atoms with Crippen molar-refractivity contribution in [3.8, 4) is 0 Å². The van der Waals surface area contributed by atoms with Crippen LogP contribution in [-0.2, 0) is 0 Å². The molecule has 0 bridgehead atoms. The van der Waals surface area contributed by atoms with E-state index in [9.17, 15) is 0 Å². The maximum atomic E-state index is 6.48. The van der Waals surface area contributed by atoms with Gasteiger partial charge in [0.15, 0.2) is 0 Å². The maximum Gasteiger partial charge on any atom is 0.111 e. The highest BCUT2D eigenvalue weighted by molar-refractivity contribution is 9.10. The molecule has 0 radical (unpaired) electrons. The van der Waals surface area contributed by atoms with Crippen molar-refractivity contribution in [3.63, 3.8) is 0 Å². The molecule has 4 heteroatoms. The Labute approximate surface area is 158 Å². The standard InChI is InChI=1S/C20H15BrClNS/c1-2-12-10-17(22)23-19-15-11-14(21)8-9-16(15)24-20(19)18(12)13-6-4-3-5-7-13/h3-9,11H,2,10H2,1H3. The topological polar surface area (TPSA) is 12.4 Å². The zero-order chi connectivity index (χ0) is 16.7. The molecule has 3 aromatic rings. The number of allylic oxidation sites excluding steroid dienone is 1. The Balaban J connectivity index is 2.08. The second-order valence-corrected chi connectivity index (χ2v) is 8.19. The fourth-order valence-electron chi connectivity index (χ4n) is 3.16.